The summed E-state index contributed by atoms with van der Waals surface area (Å²) in [4.78, 5) is 12.8. The van der Waals surface area contributed by atoms with Crippen LogP contribution in [0.5, 0.6) is 0 Å². The predicted octanol–water partition coefficient (Wildman–Crippen LogP) is 2.95. The van der Waals surface area contributed by atoms with Gasteiger partial charge in [0, 0.05) is 48.4 Å². The van der Waals surface area contributed by atoms with E-state index in [-0.39, 0.29) is 17.5 Å². The summed E-state index contributed by atoms with van der Waals surface area (Å²) in [6.07, 6.45) is 3.37. The molecule has 0 aromatic heterocycles. The zero-order valence-corrected chi connectivity index (χ0v) is 16.9. The maximum atomic E-state index is 14.4. The van der Waals surface area contributed by atoms with Crippen molar-refractivity contribution in [3.05, 3.63) is 76.6 Å². The van der Waals surface area contributed by atoms with E-state index in [0.717, 1.165) is 36.5 Å². The van der Waals surface area contributed by atoms with Crippen LogP contribution in [-0.4, -0.2) is 41.9 Å². The number of benzene rings is 2. The van der Waals surface area contributed by atoms with Gasteiger partial charge in [0.25, 0.3) is 0 Å². The number of allylic oxidation sites excluding steroid dienone is 1. The van der Waals surface area contributed by atoms with Crippen LogP contribution < -0.4 is 10.6 Å². The lowest BCUT2D eigenvalue weighted by atomic mass is 9.98. The van der Waals surface area contributed by atoms with Crippen molar-refractivity contribution in [2.24, 2.45) is 0 Å². The number of rotatable bonds is 4. The van der Waals surface area contributed by atoms with Crippen LogP contribution in [0, 0.1) is 24.1 Å². The van der Waals surface area contributed by atoms with Gasteiger partial charge in [0.15, 0.2) is 6.54 Å². The second-order valence-electron chi connectivity index (χ2n) is 7.76. The lowest BCUT2D eigenvalue weighted by Gasteiger charge is -2.18. The number of aryl methyl sites for hydroxylation is 1. The van der Waals surface area contributed by atoms with Gasteiger partial charge >= 0.3 is 0 Å². The van der Waals surface area contributed by atoms with E-state index in [4.69, 9.17) is 5.26 Å². The number of carbonyl (C=O) groups excluding carboxylic acids is 1. The van der Waals surface area contributed by atoms with Gasteiger partial charge in [-0.1, -0.05) is 17.7 Å². The van der Waals surface area contributed by atoms with Gasteiger partial charge in [-0.3, -0.25) is 4.79 Å². The summed E-state index contributed by atoms with van der Waals surface area (Å²) in [5.41, 5.74) is 4.22. The summed E-state index contributed by atoms with van der Waals surface area (Å²) in [7, 11) is 0. The van der Waals surface area contributed by atoms with Crippen molar-refractivity contribution < 1.29 is 13.8 Å². The van der Waals surface area contributed by atoms with Gasteiger partial charge in [0.1, 0.15) is 11.9 Å². The Morgan fingerprint density at radius 3 is 2.73 bits per heavy atom. The fourth-order valence-corrected chi connectivity index (χ4v) is 3.90. The van der Waals surface area contributed by atoms with Gasteiger partial charge in [-0.05, 0) is 38.1 Å². The van der Waals surface area contributed by atoms with Crippen LogP contribution in [0.3, 0.4) is 0 Å². The van der Waals surface area contributed by atoms with Gasteiger partial charge in [0.05, 0.1) is 5.56 Å². The molecule has 2 aromatic carbocycles. The molecule has 2 aromatic rings. The second-order valence-corrected chi connectivity index (χ2v) is 7.76. The third-order valence-electron chi connectivity index (χ3n) is 5.62. The van der Waals surface area contributed by atoms with Crippen molar-refractivity contribution >= 4 is 17.3 Å². The zero-order valence-electron chi connectivity index (χ0n) is 16.9. The van der Waals surface area contributed by atoms with Crippen molar-refractivity contribution in [3.8, 4) is 6.07 Å². The number of nitriles is 1. The smallest absolute Gasteiger partial charge is 0.247 e. The first kappa shape index (κ1) is 20.0. The lowest BCUT2D eigenvalue weighted by Crippen LogP contribution is -2.38. The lowest BCUT2D eigenvalue weighted by molar-refractivity contribution is -0.440. The van der Waals surface area contributed by atoms with Gasteiger partial charge < -0.3 is 10.6 Å². The maximum Gasteiger partial charge on any atom is 0.247 e. The molecule has 0 spiro atoms. The monoisotopic (exact) mass is 403 g/mol. The molecule has 0 aliphatic carbocycles. The van der Waals surface area contributed by atoms with E-state index in [1.54, 1.807) is 6.07 Å². The largest absolute Gasteiger partial charge is 0.348 e. The summed E-state index contributed by atoms with van der Waals surface area (Å²) in [6, 6.07) is 14.7. The molecule has 2 N–H and O–H groups in total. The number of hydrogen-bond donors (Lipinski definition) is 2. The number of carbonyl (C=O) groups is 1. The normalized spacial score (nSPS) is 18.7. The Morgan fingerprint density at radius 2 is 2.07 bits per heavy atom. The van der Waals surface area contributed by atoms with Crippen molar-refractivity contribution in [2.75, 3.05) is 19.6 Å². The van der Waals surface area contributed by atoms with E-state index in [1.807, 2.05) is 43.3 Å². The number of halogens is 1. The van der Waals surface area contributed by atoms with Crippen LogP contribution >= 0.6 is 0 Å². The summed E-state index contributed by atoms with van der Waals surface area (Å²) in [5, 5.41) is 15.4. The molecule has 1 fully saturated rings. The van der Waals surface area contributed by atoms with E-state index in [1.165, 1.54) is 12.1 Å². The number of nitrogens with zero attached hydrogens (tertiary/aromatic N) is 2. The Bertz CT molecular complexity index is 1070. The second kappa shape index (κ2) is 8.60. The quantitative estimate of drug-likeness (QED) is 0.772. The molecule has 1 saturated heterocycles. The summed E-state index contributed by atoms with van der Waals surface area (Å²) >= 11 is 0. The minimum Gasteiger partial charge on any atom is -0.348 e. The van der Waals surface area contributed by atoms with E-state index >= 15 is 0 Å². The minimum absolute atomic E-state index is 0.00715. The van der Waals surface area contributed by atoms with Crippen LogP contribution in [0.25, 0.3) is 0 Å². The third-order valence-corrected chi connectivity index (χ3v) is 5.62. The molecule has 0 bridgehead atoms. The first-order valence-corrected chi connectivity index (χ1v) is 10.2. The van der Waals surface area contributed by atoms with E-state index < -0.39 is 5.82 Å². The molecular formula is C24H24FN4O+. The van der Waals surface area contributed by atoms with Crippen molar-refractivity contribution in [1.29, 1.82) is 5.26 Å². The fraction of sp³-hybridized carbons (Fsp3) is 0.292. The highest BCUT2D eigenvalue weighted by molar-refractivity contribution is 6.11. The van der Waals surface area contributed by atoms with E-state index in [9.17, 15) is 9.18 Å². The zero-order chi connectivity index (χ0) is 21.1. The molecule has 2 heterocycles. The average Bonchev–Trinajstić information content (AvgIpc) is 3.27. The van der Waals surface area contributed by atoms with Crippen molar-refractivity contribution in [1.82, 2.24) is 10.6 Å². The highest BCUT2D eigenvalue weighted by atomic mass is 19.1. The molecule has 2 aliphatic rings. The van der Waals surface area contributed by atoms with Crippen LogP contribution in [0.1, 0.15) is 29.5 Å². The highest BCUT2D eigenvalue weighted by Gasteiger charge is 2.28. The van der Waals surface area contributed by atoms with E-state index in [2.05, 4.69) is 15.2 Å². The van der Waals surface area contributed by atoms with Crippen LogP contribution in [0.4, 0.5) is 10.1 Å². The first-order chi connectivity index (χ1) is 14.5. The average molecular weight is 403 g/mol. The molecule has 30 heavy (non-hydrogen) atoms. The van der Waals surface area contributed by atoms with Gasteiger partial charge in [-0.25, -0.2) is 4.39 Å². The highest BCUT2D eigenvalue weighted by Crippen LogP contribution is 2.23. The summed E-state index contributed by atoms with van der Waals surface area (Å²) in [5.74, 6) is -0.632. The Morgan fingerprint density at radius 1 is 1.27 bits per heavy atom. The number of hydrogen-bond acceptors (Lipinski definition) is 3. The van der Waals surface area contributed by atoms with Crippen molar-refractivity contribution in [2.45, 2.75) is 25.8 Å². The van der Waals surface area contributed by atoms with Crippen LogP contribution in [0.2, 0.25) is 0 Å². The number of amides is 1. The molecule has 4 rings (SSSR count). The first-order valence-electron chi connectivity index (χ1n) is 10.2. The van der Waals surface area contributed by atoms with E-state index in [0.29, 0.717) is 24.1 Å². The minimum atomic E-state index is -0.562. The Kier molecular flexibility index (Phi) is 5.73. The molecule has 1 atom stereocenters. The van der Waals surface area contributed by atoms with Gasteiger partial charge in [0.2, 0.25) is 17.3 Å². The molecular weight excluding hydrogens is 379 g/mol. The standard InChI is InChI=1S/C24H23FN4O/c1-16-2-6-21(7-3-16)29-11-9-18(24(30)28-20-8-10-27-15-20)13-23(29)17-4-5-19(14-26)22(25)12-17/h2-7,12-13,20,27H,8-11,15H2,1H3/p+1. The van der Waals surface area contributed by atoms with Gasteiger partial charge in [-0.2, -0.15) is 9.84 Å². The Balaban J connectivity index is 1.75. The molecule has 1 unspecified atom stereocenters. The topological polar surface area (TPSA) is 67.9 Å². The fourth-order valence-electron chi connectivity index (χ4n) is 3.90. The number of nitrogens with one attached hydrogen (secondary N) is 2. The van der Waals surface area contributed by atoms with Crippen molar-refractivity contribution in [3.63, 3.8) is 0 Å². The molecule has 5 nitrogen and oxygen atoms in total. The SMILES string of the molecule is Cc1ccc([N+]2=C(c3ccc(C#N)c(F)c3)C=C(C(=O)NC3CCNC3)CC2)cc1. The summed E-state index contributed by atoms with van der Waals surface area (Å²) < 4.78 is 16.4. The predicted molar refractivity (Wildman–Crippen MR) is 113 cm³/mol. The maximum absolute atomic E-state index is 14.4. The van der Waals surface area contributed by atoms with Crippen LogP contribution in [0.15, 0.2) is 54.1 Å². The Hall–Kier alpha value is -3.30. The molecule has 6 heteroatoms. The molecule has 2 aliphatic heterocycles. The molecule has 0 radical (unpaired) electrons. The van der Waals surface area contributed by atoms with Crippen LogP contribution in [-0.2, 0) is 4.79 Å². The summed E-state index contributed by atoms with van der Waals surface area (Å²) in [6.45, 7) is 4.34. The molecule has 1 amide bonds. The molecule has 0 saturated carbocycles. The third kappa shape index (κ3) is 4.17. The van der Waals surface area contributed by atoms with Gasteiger partial charge in [-0.15, -0.1) is 0 Å². The Labute approximate surface area is 175 Å². The molecule has 152 valence electrons.